The molecule has 1 fully saturated rings. The van der Waals surface area contributed by atoms with Gasteiger partial charge in [-0.2, -0.15) is 0 Å². The van der Waals surface area contributed by atoms with Crippen LogP contribution in [0.1, 0.15) is 31.7 Å². The molecule has 1 unspecified atom stereocenters. The average Bonchev–Trinajstić information content (AvgIpc) is 2.47. The maximum Gasteiger partial charge on any atom is 0.146 e. The molecule has 0 amide bonds. The van der Waals surface area contributed by atoms with Gasteiger partial charge in [-0.05, 0) is 37.3 Å². The van der Waals surface area contributed by atoms with E-state index in [1.54, 1.807) is 19.2 Å². The molecule has 1 heterocycles. The molecule has 0 aromatic heterocycles. The average molecular weight is 280 g/mol. The highest BCUT2D eigenvalue weighted by Gasteiger charge is 2.23. The van der Waals surface area contributed by atoms with E-state index in [-0.39, 0.29) is 11.9 Å². The lowest BCUT2D eigenvalue weighted by Gasteiger charge is -2.34. The summed E-state index contributed by atoms with van der Waals surface area (Å²) in [5.41, 5.74) is 7.80. The summed E-state index contributed by atoms with van der Waals surface area (Å²) in [5.74, 6) is -0.137. The fourth-order valence-corrected chi connectivity index (χ4v) is 2.82. The number of nitrogens with two attached hydrogens (primary N) is 1. The van der Waals surface area contributed by atoms with Crippen LogP contribution in [0.25, 0.3) is 0 Å². The van der Waals surface area contributed by atoms with Crippen LogP contribution in [0.5, 0.6) is 0 Å². The Hall–Kier alpha value is -1.13. The van der Waals surface area contributed by atoms with Gasteiger partial charge in [0.05, 0.1) is 11.8 Å². The van der Waals surface area contributed by atoms with E-state index in [1.807, 2.05) is 6.07 Å². The van der Waals surface area contributed by atoms with Crippen LogP contribution in [0.3, 0.4) is 0 Å². The molecule has 1 aliphatic rings. The second kappa shape index (κ2) is 7.04. The fraction of sp³-hybridized carbons (Fsp3) is 0.625. The quantitative estimate of drug-likeness (QED) is 0.901. The lowest BCUT2D eigenvalue weighted by atomic mass is 9.99. The molecule has 1 aromatic carbocycles. The van der Waals surface area contributed by atoms with Crippen molar-refractivity contribution in [3.63, 3.8) is 0 Å². The van der Waals surface area contributed by atoms with Gasteiger partial charge in [0, 0.05) is 26.2 Å². The SMILES string of the molecule is CCC(N)Cc1cccc(F)c1N1CCC(OC)CC1. The van der Waals surface area contributed by atoms with Crippen molar-refractivity contribution < 1.29 is 9.13 Å². The van der Waals surface area contributed by atoms with Gasteiger partial charge < -0.3 is 15.4 Å². The zero-order chi connectivity index (χ0) is 14.5. The number of para-hydroxylation sites is 1. The summed E-state index contributed by atoms with van der Waals surface area (Å²) in [7, 11) is 1.75. The zero-order valence-electron chi connectivity index (χ0n) is 12.4. The molecule has 0 radical (unpaired) electrons. The van der Waals surface area contributed by atoms with Gasteiger partial charge in [-0.15, -0.1) is 0 Å². The Kier molecular flexibility index (Phi) is 5.38. The minimum Gasteiger partial charge on any atom is -0.381 e. The molecule has 1 aromatic rings. The maximum absolute atomic E-state index is 14.3. The summed E-state index contributed by atoms with van der Waals surface area (Å²) in [4.78, 5) is 2.14. The lowest BCUT2D eigenvalue weighted by Crippen LogP contribution is -2.38. The van der Waals surface area contributed by atoms with Gasteiger partial charge in [0.25, 0.3) is 0 Å². The molecule has 2 N–H and O–H groups in total. The number of halogens is 1. The zero-order valence-corrected chi connectivity index (χ0v) is 12.4. The molecule has 112 valence electrons. The number of ether oxygens (including phenoxy) is 1. The Morgan fingerprint density at radius 1 is 1.40 bits per heavy atom. The van der Waals surface area contributed by atoms with Crippen LogP contribution < -0.4 is 10.6 Å². The number of anilines is 1. The second-order valence-electron chi connectivity index (χ2n) is 5.54. The molecule has 4 heteroatoms. The van der Waals surface area contributed by atoms with Gasteiger partial charge in [0.15, 0.2) is 0 Å². The van der Waals surface area contributed by atoms with E-state index >= 15 is 0 Å². The van der Waals surface area contributed by atoms with Gasteiger partial charge in [-0.1, -0.05) is 19.1 Å². The van der Waals surface area contributed by atoms with E-state index in [9.17, 15) is 4.39 Å². The van der Waals surface area contributed by atoms with E-state index in [2.05, 4.69) is 11.8 Å². The third-order valence-electron chi connectivity index (χ3n) is 4.17. The molecule has 0 aliphatic carbocycles. The van der Waals surface area contributed by atoms with Crippen LogP contribution in [0.2, 0.25) is 0 Å². The Bertz CT molecular complexity index is 430. The van der Waals surface area contributed by atoms with Gasteiger partial charge in [0.1, 0.15) is 5.82 Å². The van der Waals surface area contributed by atoms with Gasteiger partial charge in [0.2, 0.25) is 0 Å². The molecule has 0 spiro atoms. The Labute approximate surface area is 120 Å². The minimum absolute atomic E-state index is 0.0899. The van der Waals surface area contributed by atoms with E-state index in [0.29, 0.717) is 6.10 Å². The molecule has 0 saturated carbocycles. The standard InChI is InChI=1S/C16H25FN2O/c1-3-13(18)11-12-5-4-6-15(17)16(12)19-9-7-14(20-2)8-10-19/h4-6,13-14H,3,7-11,18H2,1-2H3. The second-order valence-corrected chi connectivity index (χ2v) is 5.54. The molecular formula is C16H25FN2O. The summed E-state index contributed by atoms with van der Waals surface area (Å²) < 4.78 is 19.6. The Morgan fingerprint density at radius 2 is 2.10 bits per heavy atom. The third-order valence-corrected chi connectivity index (χ3v) is 4.17. The van der Waals surface area contributed by atoms with Crippen molar-refractivity contribution in [2.24, 2.45) is 5.73 Å². The number of hydrogen-bond acceptors (Lipinski definition) is 3. The van der Waals surface area contributed by atoms with E-state index in [0.717, 1.165) is 50.0 Å². The number of rotatable bonds is 5. The molecule has 0 bridgehead atoms. The van der Waals surface area contributed by atoms with Crippen molar-refractivity contribution in [3.8, 4) is 0 Å². The van der Waals surface area contributed by atoms with Gasteiger partial charge in [-0.25, -0.2) is 4.39 Å². The predicted octanol–water partition coefficient (Wildman–Crippen LogP) is 2.72. The van der Waals surface area contributed by atoms with Crippen LogP contribution >= 0.6 is 0 Å². The summed E-state index contributed by atoms with van der Waals surface area (Å²) in [6.07, 6.45) is 3.84. The topological polar surface area (TPSA) is 38.5 Å². The predicted molar refractivity (Wildman–Crippen MR) is 80.6 cm³/mol. The van der Waals surface area contributed by atoms with Crippen LogP contribution in [0, 0.1) is 5.82 Å². The molecule has 20 heavy (non-hydrogen) atoms. The highest BCUT2D eigenvalue weighted by atomic mass is 19.1. The summed E-state index contributed by atoms with van der Waals surface area (Å²) >= 11 is 0. The van der Waals surface area contributed by atoms with Crippen LogP contribution in [0.4, 0.5) is 10.1 Å². The van der Waals surface area contributed by atoms with Crippen molar-refractivity contribution in [2.75, 3.05) is 25.1 Å². The van der Waals surface area contributed by atoms with E-state index in [1.165, 1.54) is 0 Å². The number of benzene rings is 1. The third kappa shape index (κ3) is 3.49. The molecule has 3 nitrogen and oxygen atoms in total. The summed E-state index contributed by atoms with van der Waals surface area (Å²) in [5, 5.41) is 0. The van der Waals surface area contributed by atoms with Crippen molar-refractivity contribution in [1.82, 2.24) is 0 Å². The lowest BCUT2D eigenvalue weighted by molar-refractivity contribution is 0.0817. The normalized spacial score (nSPS) is 18.3. The largest absolute Gasteiger partial charge is 0.381 e. The first-order chi connectivity index (χ1) is 9.65. The van der Waals surface area contributed by atoms with Crippen molar-refractivity contribution in [2.45, 2.75) is 44.8 Å². The summed E-state index contributed by atoms with van der Waals surface area (Å²) in [6, 6.07) is 5.40. The van der Waals surface area contributed by atoms with E-state index in [4.69, 9.17) is 10.5 Å². The number of nitrogens with zero attached hydrogens (tertiary/aromatic N) is 1. The van der Waals surface area contributed by atoms with Crippen molar-refractivity contribution >= 4 is 5.69 Å². The van der Waals surface area contributed by atoms with Crippen molar-refractivity contribution in [3.05, 3.63) is 29.6 Å². The first-order valence-corrected chi connectivity index (χ1v) is 7.46. The Balaban J connectivity index is 2.17. The maximum atomic E-state index is 14.3. The Morgan fingerprint density at radius 3 is 2.70 bits per heavy atom. The first-order valence-electron chi connectivity index (χ1n) is 7.46. The fourth-order valence-electron chi connectivity index (χ4n) is 2.82. The van der Waals surface area contributed by atoms with Gasteiger partial charge >= 0.3 is 0 Å². The van der Waals surface area contributed by atoms with Crippen LogP contribution in [0.15, 0.2) is 18.2 Å². The molecule has 1 aliphatic heterocycles. The first kappa shape index (κ1) is 15.3. The number of hydrogen-bond donors (Lipinski definition) is 1. The number of methoxy groups -OCH3 is 1. The van der Waals surface area contributed by atoms with E-state index < -0.39 is 0 Å². The molecule has 1 saturated heterocycles. The highest BCUT2D eigenvalue weighted by molar-refractivity contribution is 5.55. The van der Waals surface area contributed by atoms with Crippen LogP contribution in [-0.2, 0) is 11.2 Å². The smallest absolute Gasteiger partial charge is 0.146 e. The highest BCUT2D eigenvalue weighted by Crippen LogP contribution is 2.29. The number of piperidine rings is 1. The minimum atomic E-state index is -0.137. The van der Waals surface area contributed by atoms with Crippen LogP contribution in [-0.4, -0.2) is 32.3 Å². The van der Waals surface area contributed by atoms with Crippen molar-refractivity contribution in [1.29, 1.82) is 0 Å². The monoisotopic (exact) mass is 280 g/mol. The molecule has 2 rings (SSSR count). The summed E-state index contributed by atoms with van der Waals surface area (Å²) in [6.45, 7) is 3.75. The molecular weight excluding hydrogens is 255 g/mol. The van der Waals surface area contributed by atoms with Gasteiger partial charge in [-0.3, -0.25) is 0 Å². The molecule has 1 atom stereocenters.